The monoisotopic (exact) mass is 299 g/mol. The number of benzene rings is 1. The van der Waals surface area contributed by atoms with Gasteiger partial charge in [-0.3, -0.25) is 4.79 Å². The lowest BCUT2D eigenvalue weighted by molar-refractivity contribution is -0.109. The molecule has 1 aromatic carbocycles. The molecule has 0 radical (unpaired) electrons. The van der Waals surface area contributed by atoms with Gasteiger partial charge in [0.25, 0.3) is 0 Å². The van der Waals surface area contributed by atoms with E-state index in [1.165, 1.54) is 0 Å². The van der Waals surface area contributed by atoms with Crippen molar-refractivity contribution >= 4 is 18.2 Å². The lowest BCUT2D eigenvalue weighted by Crippen LogP contribution is -2.12. The molecule has 0 bridgehead atoms. The van der Waals surface area contributed by atoms with Gasteiger partial charge in [-0.15, -0.1) is 11.8 Å². The number of carbonyl (C=O) groups is 1. The Morgan fingerprint density at radius 2 is 1.42 bits per heavy atom. The Hall–Kier alpha value is -1.31. The number of amides is 1. The minimum atomic E-state index is -2.16. The van der Waals surface area contributed by atoms with Crippen LogP contribution in [0.15, 0.2) is 4.90 Å². The molecule has 0 aliphatic heterocycles. The van der Waals surface area contributed by atoms with Gasteiger partial charge in [0.15, 0.2) is 23.3 Å². The summed E-state index contributed by atoms with van der Waals surface area (Å²) in [6.45, 7) is 0.390. The molecule has 1 rings (SSSR count). The lowest BCUT2D eigenvalue weighted by Gasteiger charge is -2.07. The van der Waals surface area contributed by atoms with Gasteiger partial charge >= 0.3 is 0 Å². The summed E-state index contributed by atoms with van der Waals surface area (Å²) in [5.74, 6) is -9.48. The van der Waals surface area contributed by atoms with Crippen LogP contribution in [-0.4, -0.2) is 18.7 Å². The van der Waals surface area contributed by atoms with Crippen molar-refractivity contribution in [1.29, 1.82) is 0 Å². The fourth-order valence-corrected chi connectivity index (χ4v) is 2.26. The van der Waals surface area contributed by atoms with E-state index in [4.69, 9.17) is 0 Å². The quantitative estimate of drug-likeness (QED) is 0.209. The number of nitrogens with one attached hydrogen (secondary N) is 1. The Labute approximate surface area is 110 Å². The molecule has 0 unspecified atom stereocenters. The SMILES string of the molecule is O=CNCCCCSc1c(F)c(F)c(F)c(F)c1F. The molecule has 0 aromatic heterocycles. The molecule has 19 heavy (non-hydrogen) atoms. The fraction of sp³-hybridized carbons (Fsp3) is 0.364. The Morgan fingerprint density at radius 3 is 1.95 bits per heavy atom. The summed E-state index contributed by atoms with van der Waals surface area (Å²) in [5, 5.41) is 2.39. The number of rotatable bonds is 7. The van der Waals surface area contributed by atoms with E-state index in [2.05, 4.69) is 5.32 Å². The molecular formula is C11H10F5NOS. The van der Waals surface area contributed by atoms with Crippen molar-refractivity contribution in [3.63, 3.8) is 0 Å². The van der Waals surface area contributed by atoms with Crippen molar-refractivity contribution in [1.82, 2.24) is 5.32 Å². The van der Waals surface area contributed by atoms with Crippen LogP contribution in [0.3, 0.4) is 0 Å². The van der Waals surface area contributed by atoms with Crippen molar-refractivity contribution in [2.45, 2.75) is 17.7 Å². The van der Waals surface area contributed by atoms with E-state index in [0.717, 1.165) is 0 Å². The first-order chi connectivity index (χ1) is 9.00. The largest absolute Gasteiger partial charge is 0.359 e. The van der Waals surface area contributed by atoms with E-state index in [1.54, 1.807) is 0 Å². The zero-order valence-corrected chi connectivity index (χ0v) is 10.4. The van der Waals surface area contributed by atoms with E-state index in [-0.39, 0.29) is 5.75 Å². The third-order valence-corrected chi connectivity index (χ3v) is 3.35. The molecule has 0 saturated heterocycles. The van der Waals surface area contributed by atoms with Crippen molar-refractivity contribution in [2.24, 2.45) is 0 Å². The molecule has 106 valence electrons. The minimum Gasteiger partial charge on any atom is -0.359 e. The summed E-state index contributed by atoms with van der Waals surface area (Å²) >= 11 is 0.556. The molecule has 0 saturated carbocycles. The molecule has 0 spiro atoms. The van der Waals surface area contributed by atoms with Crippen LogP contribution in [0.4, 0.5) is 22.0 Å². The van der Waals surface area contributed by atoms with E-state index in [0.29, 0.717) is 37.6 Å². The summed E-state index contributed by atoms with van der Waals surface area (Å²) in [4.78, 5) is 9.05. The first-order valence-corrected chi connectivity index (χ1v) is 6.30. The van der Waals surface area contributed by atoms with Crippen molar-refractivity contribution in [2.75, 3.05) is 12.3 Å². The summed E-state index contributed by atoms with van der Waals surface area (Å²) in [5.41, 5.74) is 0. The summed E-state index contributed by atoms with van der Waals surface area (Å²) in [6, 6.07) is 0. The standard InChI is InChI=1S/C11H10F5NOS/c12-6-7(13)9(15)11(10(16)8(6)14)19-4-2-1-3-17-5-18/h5H,1-4H2,(H,17,18). The maximum Gasteiger partial charge on any atom is 0.207 e. The molecule has 0 aliphatic carbocycles. The normalized spacial score (nSPS) is 10.6. The average Bonchev–Trinajstić information content (AvgIpc) is 2.41. The van der Waals surface area contributed by atoms with Crippen LogP contribution in [0.2, 0.25) is 0 Å². The average molecular weight is 299 g/mol. The second-order valence-electron chi connectivity index (χ2n) is 3.53. The molecule has 0 fully saturated rings. The van der Waals surface area contributed by atoms with E-state index in [1.807, 2.05) is 0 Å². The highest BCUT2D eigenvalue weighted by molar-refractivity contribution is 7.99. The van der Waals surface area contributed by atoms with Gasteiger partial charge < -0.3 is 5.32 Å². The first kappa shape index (κ1) is 15.7. The van der Waals surface area contributed by atoms with Crippen molar-refractivity contribution in [3.8, 4) is 0 Å². The third kappa shape index (κ3) is 3.82. The Morgan fingerprint density at radius 1 is 0.895 bits per heavy atom. The molecular weight excluding hydrogens is 289 g/mol. The van der Waals surface area contributed by atoms with E-state index < -0.39 is 34.0 Å². The van der Waals surface area contributed by atoms with Crippen LogP contribution in [0.5, 0.6) is 0 Å². The molecule has 1 N–H and O–H groups in total. The highest BCUT2D eigenvalue weighted by atomic mass is 32.2. The van der Waals surface area contributed by atoms with E-state index >= 15 is 0 Å². The van der Waals surface area contributed by atoms with E-state index in [9.17, 15) is 26.7 Å². The lowest BCUT2D eigenvalue weighted by atomic mass is 10.3. The van der Waals surface area contributed by atoms with Gasteiger partial charge in [-0.25, -0.2) is 22.0 Å². The number of carbonyl (C=O) groups excluding carboxylic acids is 1. The predicted molar refractivity (Wildman–Crippen MR) is 60.3 cm³/mol. The van der Waals surface area contributed by atoms with Gasteiger partial charge in [0.2, 0.25) is 12.2 Å². The Kier molecular flexibility index (Phi) is 6.07. The van der Waals surface area contributed by atoms with Gasteiger partial charge in [-0.1, -0.05) is 0 Å². The molecule has 0 atom stereocenters. The van der Waals surface area contributed by atoms with Crippen LogP contribution < -0.4 is 5.32 Å². The van der Waals surface area contributed by atoms with Gasteiger partial charge in [0.1, 0.15) is 0 Å². The topological polar surface area (TPSA) is 29.1 Å². The maximum absolute atomic E-state index is 13.2. The third-order valence-electron chi connectivity index (χ3n) is 2.21. The highest BCUT2D eigenvalue weighted by Gasteiger charge is 2.25. The second kappa shape index (κ2) is 7.32. The summed E-state index contributed by atoms with van der Waals surface area (Å²) in [7, 11) is 0. The van der Waals surface area contributed by atoms with Crippen LogP contribution in [0.25, 0.3) is 0 Å². The molecule has 0 aliphatic rings. The summed E-state index contributed by atoms with van der Waals surface area (Å²) in [6.07, 6.45) is 1.52. The first-order valence-electron chi connectivity index (χ1n) is 5.32. The molecule has 8 heteroatoms. The smallest absolute Gasteiger partial charge is 0.207 e. The molecule has 1 aromatic rings. The van der Waals surface area contributed by atoms with Crippen LogP contribution in [-0.2, 0) is 4.79 Å². The van der Waals surface area contributed by atoms with Gasteiger partial charge in [0, 0.05) is 6.54 Å². The van der Waals surface area contributed by atoms with Crippen molar-refractivity contribution in [3.05, 3.63) is 29.1 Å². The fourth-order valence-electron chi connectivity index (χ4n) is 1.27. The highest BCUT2D eigenvalue weighted by Crippen LogP contribution is 2.31. The maximum atomic E-state index is 13.2. The predicted octanol–water partition coefficient (Wildman–Crippen LogP) is 3.00. The van der Waals surface area contributed by atoms with Gasteiger partial charge in [-0.2, -0.15) is 0 Å². The minimum absolute atomic E-state index is 0.179. The number of thioether (sulfide) groups is 1. The van der Waals surface area contributed by atoms with Crippen molar-refractivity contribution < 1.29 is 26.7 Å². The molecule has 2 nitrogen and oxygen atoms in total. The molecule has 1 amide bonds. The van der Waals surface area contributed by atoms with Gasteiger partial charge in [-0.05, 0) is 18.6 Å². The van der Waals surface area contributed by atoms with Crippen LogP contribution >= 0.6 is 11.8 Å². The van der Waals surface area contributed by atoms with Crippen LogP contribution in [0, 0.1) is 29.1 Å². The number of halogens is 5. The second-order valence-corrected chi connectivity index (χ2v) is 4.63. The number of unbranched alkanes of at least 4 members (excludes halogenated alkanes) is 1. The Balaban J connectivity index is 2.66. The zero-order valence-electron chi connectivity index (χ0n) is 9.61. The molecule has 0 heterocycles. The van der Waals surface area contributed by atoms with Gasteiger partial charge in [0.05, 0.1) is 4.90 Å². The Bertz CT molecular complexity index is 440. The number of hydrogen-bond acceptors (Lipinski definition) is 2. The zero-order chi connectivity index (χ0) is 14.4. The number of hydrogen-bond donors (Lipinski definition) is 1. The summed E-state index contributed by atoms with van der Waals surface area (Å²) < 4.78 is 64.9. The van der Waals surface area contributed by atoms with Crippen LogP contribution in [0.1, 0.15) is 12.8 Å².